The van der Waals surface area contributed by atoms with E-state index >= 15 is 0 Å². The molecule has 0 aliphatic carbocycles. The molecule has 0 spiro atoms. The van der Waals surface area contributed by atoms with Crippen LogP contribution in [0, 0.1) is 0 Å². The standard InChI is InChI=1S/C29H34N2O5/c1-6-8-26-22-17-28(36-5)27(35-4)16-21(22)23(29(32)31-26)15-19-13-18-14-20(34-3)10-11-25(18)30-24(19)9-7-12-33-2/h10-11,13-14,16-17H,6-9,12,15H2,1-5H3,(H,31,32). The molecule has 4 aromatic rings. The van der Waals surface area contributed by atoms with Crippen molar-refractivity contribution in [1.82, 2.24) is 9.97 Å². The molecule has 0 unspecified atom stereocenters. The molecule has 0 aliphatic heterocycles. The van der Waals surface area contributed by atoms with E-state index in [0.717, 1.165) is 70.1 Å². The number of pyridine rings is 2. The van der Waals surface area contributed by atoms with Gasteiger partial charge >= 0.3 is 0 Å². The highest BCUT2D eigenvalue weighted by molar-refractivity contribution is 5.91. The van der Waals surface area contributed by atoms with Gasteiger partial charge in [-0.15, -0.1) is 0 Å². The Balaban J connectivity index is 1.91. The first-order valence-electron chi connectivity index (χ1n) is 12.3. The second-order valence-corrected chi connectivity index (χ2v) is 8.84. The van der Waals surface area contributed by atoms with E-state index in [1.54, 1.807) is 28.4 Å². The fraction of sp³-hybridized carbons (Fsp3) is 0.379. The molecule has 0 aliphatic rings. The number of aryl methyl sites for hydroxylation is 2. The first-order valence-corrected chi connectivity index (χ1v) is 12.3. The highest BCUT2D eigenvalue weighted by Crippen LogP contribution is 2.35. The Hall–Kier alpha value is -3.58. The third-order valence-electron chi connectivity index (χ3n) is 6.53. The Morgan fingerprint density at radius 3 is 2.31 bits per heavy atom. The normalized spacial score (nSPS) is 11.2. The molecule has 36 heavy (non-hydrogen) atoms. The summed E-state index contributed by atoms with van der Waals surface area (Å²) in [5.74, 6) is 2.01. The lowest BCUT2D eigenvalue weighted by molar-refractivity contribution is 0.195. The van der Waals surface area contributed by atoms with Gasteiger partial charge in [0.05, 0.1) is 26.8 Å². The summed E-state index contributed by atoms with van der Waals surface area (Å²) in [5.41, 5.74) is 4.38. The molecule has 2 aromatic heterocycles. The van der Waals surface area contributed by atoms with Crippen molar-refractivity contribution in [3.05, 3.63) is 69.3 Å². The van der Waals surface area contributed by atoms with Gasteiger partial charge in [0, 0.05) is 47.9 Å². The molecule has 0 bridgehead atoms. The van der Waals surface area contributed by atoms with E-state index in [1.165, 1.54) is 0 Å². The summed E-state index contributed by atoms with van der Waals surface area (Å²) in [5, 5.41) is 2.82. The minimum absolute atomic E-state index is 0.0910. The molecule has 0 saturated carbocycles. The van der Waals surface area contributed by atoms with Crippen molar-refractivity contribution >= 4 is 21.7 Å². The summed E-state index contributed by atoms with van der Waals surface area (Å²) in [6.45, 7) is 2.74. The minimum atomic E-state index is -0.0910. The quantitative estimate of drug-likeness (QED) is 0.290. The molecule has 190 valence electrons. The van der Waals surface area contributed by atoms with Gasteiger partial charge in [0.15, 0.2) is 11.5 Å². The molecule has 0 fully saturated rings. The third-order valence-corrected chi connectivity index (χ3v) is 6.53. The highest BCUT2D eigenvalue weighted by Gasteiger charge is 2.18. The molecule has 2 aromatic carbocycles. The van der Waals surface area contributed by atoms with E-state index < -0.39 is 0 Å². The summed E-state index contributed by atoms with van der Waals surface area (Å²) in [4.78, 5) is 21.5. The molecule has 0 radical (unpaired) electrons. The molecule has 1 N–H and O–H groups in total. The van der Waals surface area contributed by atoms with Crippen molar-refractivity contribution in [2.75, 3.05) is 35.0 Å². The lowest BCUT2D eigenvalue weighted by Crippen LogP contribution is -2.17. The summed E-state index contributed by atoms with van der Waals surface area (Å²) < 4.78 is 21.8. The SMILES string of the molecule is CCCc1[nH]c(=O)c(Cc2cc3cc(OC)ccc3nc2CCCOC)c2cc(OC)c(OC)cc12. The number of nitrogens with one attached hydrogen (secondary N) is 1. The number of benzene rings is 2. The van der Waals surface area contributed by atoms with E-state index in [4.69, 9.17) is 23.9 Å². The van der Waals surface area contributed by atoms with Crippen LogP contribution >= 0.6 is 0 Å². The van der Waals surface area contributed by atoms with E-state index in [0.29, 0.717) is 30.1 Å². The smallest absolute Gasteiger partial charge is 0.252 e. The maximum atomic E-state index is 13.4. The first-order chi connectivity index (χ1) is 17.5. The summed E-state index contributed by atoms with van der Waals surface area (Å²) >= 11 is 0. The van der Waals surface area contributed by atoms with Crippen LogP contribution in [0.15, 0.2) is 41.2 Å². The summed E-state index contributed by atoms with van der Waals surface area (Å²) in [6.07, 6.45) is 3.72. The molecule has 7 heteroatoms. The number of fused-ring (bicyclic) bond motifs is 2. The second kappa shape index (κ2) is 11.4. The molecule has 0 amide bonds. The number of rotatable bonds is 11. The van der Waals surface area contributed by atoms with Crippen molar-refractivity contribution in [3.8, 4) is 17.2 Å². The molecule has 0 atom stereocenters. The van der Waals surface area contributed by atoms with Crippen molar-refractivity contribution < 1.29 is 18.9 Å². The van der Waals surface area contributed by atoms with Gasteiger partial charge in [0.1, 0.15) is 5.75 Å². The number of nitrogens with zero attached hydrogens (tertiary/aromatic N) is 1. The summed E-state index contributed by atoms with van der Waals surface area (Å²) in [7, 11) is 6.58. The van der Waals surface area contributed by atoms with E-state index in [-0.39, 0.29) is 5.56 Å². The zero-order chi connectivity index (χ0) is 25.7. The van der Waals surface area contributed by atoms with Gasteiger partial charge in [-0.25, -0.2) is 0 Å². The number of hydrogen-bond donors (Lipinski definition) is 1. The van der Waals surface area contributed by atoms with Crippen LogP contribution in [0.3, 0.4) is 0 Å². The Morgan fingerprint density at radius 2 is 1.64 bits per heavy atom. The number of ether oxygens (including phenoxy) is 4. The van der Waals surface area contributed by atoms with Gasteiger partial charge in [0.2, 0.25) is 0 Å². The number of hydrogen-bond acceptors (Lipinski definition) is 6. The van der Waals surface area contributed by atoms with Crippen LogP contribution in [0.2, 0.25) is 0 Å². The zero-order valence-corrected chi connectivity index (χ0v) is 21.7. The van der Waals surface area contributed by atoms with Crippen molar-refractivity contribution in [2.45, 2.75) is 39.0 Å². The van der Waals surface area contributed by atoms with Crippen molar-refractivity contribution in [2.24, 2.45) is 0 Å². The van der Waals surface area contributed by atoms with Crippen LogP contribution in [0.1, 0.15) is 42.3 Å². The second-order valence-electron chi connectivity index (χ2n) is 8.84. The predicted molar refractivity (Wildman–Crippen MR) is 143 cm³/mol. The largest absolute Gasteiger partial charge is 0.497 e. The van der Waals surface area contributed by atoms with Crippen LogP contribution in [0.25, 0.3) is 21.7 Å². The van der Waals surface area contributed by atoms with Gasteiger partial charge in [-0.05, 0) is 66.6 Å². The maximum Gasteiger partial charge on any atom is 0.252 e. The Bertz CT molecular complexity index is 1430. The zero-order valence-electron chi connectivity index (χ0n) is 21.7. The number of H-pyrrole nitrogens is 1. The van der Waals surface area contributed by atoms with E-state index in [1.807, 2.05) is 30.3 Å². The molecule has 0 saturated heterocycles. The minimum Gasteiger partial charge on any atom is -0.497 e. The summed E-state index contributed by atoms with van der Waals surface area (Å²) in [6, 6.07) is 11.9. The average Bonchev–Trinajstić information content (AvgIpc) is 2.90. The fourth-order valence-electron chi connectivity index (χ4n) is 4.71. The van der Waals surface area contributed by atoms with Crippen LogP contribution in [-0.2, 0) is 24.0 Å². The van der Waals surface area contributed by atoms with E-state index in [2.05, 4.69) is 18.0 Å². The molecular formula is C29H34N2O5. The Labute approximate surface area is 211 Å². The maximum absolute atomic E-state index is 13.4. The topological polar surface area (TPSA) is 82.7 Å². The average molecular weight is 491 g/mol. The van der Waals surface area contributed by atoms with Gasteiger partial charge in [-0.3, -0.25) is 9.78 Å². The number of methoxy groups -OCH3 is 4. The molecular weight excluding hydrogens is 456 g/mol. The van der Waals surface area contributed by atoms with Crippen LogP contribution < -0.4 is 19.8 Å². The lowest BCUT2D eigenvalue weighted by atomic mass is 9.95. The third kappa shape index (κ3) is 5.16. The molecule has 7 nitrogen and oxygen atoms in total. The van der Waals surface area contributed by atoms with E-state index in [9.17, 15) is 4.79 Å². The van der Waals surface area contributed by atoms with Crippen LogP contribution in [0.5, 0.6) is 17.2 Å². The van der Waals surface area contributed by atoms with Gasteiger partial charge in [0.25, 0.3) is 5.56 Å². The van der Waals surface area contributed by atoms with Crippen LogP contribution in [-0.4, -0.2) is 45.0 Å². The van der Waals surface area contributed by atoms with Gasteiger partial charge < -0.3 is 23.9 Å². The Morgan fingerprint density at radius 1 is 0.889 bits per heavy atom. The predicted octanol–water partition coefficient (Wildman–Crippen LogP) is 5.22. The highest BCUT2D eigenvalue weighted by atomic mass is 16.5. The van der Waals surface area contributed by atoms with Gasteiger partial charge in [-0.2, -0.15) is 0 Å². The van der Waals surface area contributed by atoms with Gasteiger partial charge in [-0.1, -0.05) is 13.3 Å². The van der Waals surface area contributed by atoms with Crippen molar-refractivity contribution in [1.29, 1.82) is 0 Å². The molecule has 4 rings (SSSR count). The lowest BCUT2D eigenvalue weighted by Gasteiger charge is -2.16. The number of aromatic amines is 1. The Kier molecular flexibility index (Phi) is 8.10. The number of aromatic nitrogens is 2. The monoisotopic (exact) mass is 490 g/mol. The fourth-order valence-corrected chi connectivity index (χ4v) is 4.71. The van der Waals surface area contributed by atoms with Crippen LogP contribution in [0.4, 0.5) is 0 Å². The van der Waals surface area contributed by atoms with Crippen molar-refractivity contribution in [3.63, 3.8) is 0 Å². The molecule has 2 heterocycles. The first kappa shape index (κ1) is 25.5.